The van der Waals surface area contributed by atoms with Crippen molar-refractivity contribution in [1.29, 1.82) is 0 Å². The molecule has 168 valence electrons. The van der Waals surface area contributed by atoms with Gasteiger partial charge in [-0.05, 0) is 56.2 Å². The second kappa shape index (κ2) is 9.37. The van der Waals surface area contributed by atoms with Crippen LogP contribution in [0, 0.1) is 6.92 Å². The van der Waals surface area contributed by atoms with Crippen LogP contribution in [0.4, 0.5) is 11.4 Å². The van der Waals surface area contributed by atoms with Crippen LogP contribution in [0.15, 0.2) is 53.4 Å². The van der Waals surface area contributed by atoms with E-state index in [9.17, 15) is 21.6 Å². The molecule has 0 aromatic heterocycles. The van der Waals surface area contributed by atoms with Crippen LogP contribution in [0.2, 0.25) is 0 Å². The zero-order valence-electron chi connectivity index (χ0n) is 17.6. The first-order valence-corrected chi connectivity index (χ1v) is 13.3. The van der Waals surface area contributed by atoms with Gasteiger partial charge in [-0.3, -0.25) is 9.10 Å². The summed E-state index contributed by atoms with van der Waals surface area (Å²) in [6, 6.07) is 12.7. The number of benzene rings is 2. The van der Waals surface area contributed by atoms with Crippen molar-refractivity contribution in [2.24, 2.45) is 0 Å². The number of amides is 1. The second-order valence-electron chi connectivity index (χ2n) is 7.64. The van der Waals surface area contributed by atoms with Crippen molar-refractivity contribution in [1.82, 2.24) is 4.31 Å². The molecule has 8 nitrogen and oxygen atoms in total. The molecule has 0 radical (unpaired) electrons. The van der Waals surface area contributed by atoms with E-state index in [1.807, 2.05) is 6.92 Å². The summed E-state index contributed by atoms with van der Waals surface area (Å²) in [5.74, 6) is -0.530. The predicted molar refractivity (Wildman–Crippen MR) is 121 cm³/mol. The van der Waals surface area contributed by atoms with E-state index in [-0.39, 0.29) is 4.90 Å². The summed E-state index contributed by atoms with van der Waals surface area (Å²) in [6.07, 6.45) is 3.78. The molecule has 1 heterocycles. The molecule has 1 amide bonds. The topological polar surface area (TPSA) is 104 Å². The Morgan fingerprint density at radius 1 is 0.935 bits per heavy atom. The predicted octanol–water partition coefficient (Wildman–Crippen LogP) is 2.57. The number of rotatable bonds is 7. The Kier molecular flexibility index (Phi) is 7.03. The lowest BCUT2D eigenvalue weighted by Crippen LogP contribution is -2.37. The maximum atomic E-state index is 12.7. The van der Waals surface area contributed by atoms with Crippen molar-refractivity contribution in [2.75, 3.05) is 35.5 Å². The van der Waals surface area contributed by atoms with Crippen molar-refractivity contribution >= 4 is 37.3 Å². The lowest BCUT2D eigenvalue weighted by atomic mass is 10.2. The number of nitrogens with one attached hydrogen (secondary N) is 1. The van der Waals surface area contributed by atoms with Gasteiger partial charge in [0.25, 0.3) is 0 Å². The van der Waals surface area contributed by atoms with Crippen molar-refractivity contribution in [3.8, 4) is 0 Å². The summed E-state index contributed by atoms with van der Waals surface area (Å²) in [5, 5.41) is 2.63. The van der Waals surface area contributed by atoms with Crippen molar-refractivity contribution in [3.05, 3.63) is 54.1 Å². The number of piperidine rings is 1. The van der Waals surface area contributed by atoms with Crippen LogP contribution in [0.1, 0.15) is 24.8 Å². The van der Waals surface area contributed by atoms with Gasteiger partial charge in [0.1, 0.15) is 6.54 Å². The van der Waals surface area contributed by atoms with Crippen LogP contribution >= 0.6 is 0 Å². The molecule has 3 rings (SSSR count). The highest BCUT2D eigenvalue weighted by atomic mass is 32.2. The fraction of sp³-hybridized carbons (Fsp3) is 0.381. The van der Waals surface area contributed by atoms with Crippen molar-refractivity contribution in [3.63, 3.8) is 0 Å². The fourth-order valence-corrected chi connectivity index (χ4v) is 5.78. The van der Waals surface area contributed by atoms with E-state index >= 15 is 0 Å². The van der Waals surface area contributed by atoms with Gasteiger partial charge in [0.2, 0.25) is 26.0 Å². The molecule has 2 aromatic rings. The third-order valence-electron chi connectivity index (χ3n) is 5.10. The Morgan fingerprint density at radius 2 is 1.52 bits per heavy atom. The van der Waals surface area contributed by atoms with Crippen molar-refractivity contribution < 1.29 is 21.6 Å². The molecular weight excluding hydrogens is 438 g/mol. The molecule has 0 spiro atoms. The number of hydrogen-bond donors (Lipinski definition) is 1. The zero-order chi connectivity index (χ0) is 22.6. The molecule has 2 aromatic carbocycles. The SMILES string of the molecule is Cc1ccc(N(CC(=O)Nc2ccc(S(=O)(=O)N3CCCCC3)cc2)S(C)(=O)=O)cc1. The second-order valence-corrected chi connectivity index (χ2v) is 11.5. The maximum Gasteiger partial charge on any atom is 0.245 e. The number of anilines is 2. The molecule has 0 aliphatic carbocycles. The standard InChI is InChI=1S/C21H27N3O5S2/c1-17-6-10-19(11-7-17)24(30(2,26)27)16-21(25)22-18-8-12-20(13-9-18)31(28,29)23-14-4-3-5-15-23/h6-13H,3-5,14-16H2,1-2H3,(H,22,25). The van der Waals surface area contributed by atoms with E-state index in [1.54, 1.807) is 24.3 Å². The number of nitrogens with zero attached hydrogens (tertiary/aromatic N) is 2. The Labute approximate surface area is 184 Å². The molecule has 31 heavy (non-hydrogen) atoms. The number of hydrogen-bond acceptors (Lipinski definition) is 5. The zero-order valence-corrected chi connectivity index (χ0v) is 19.2. The minimum Gasteiger partial charge on any atom is -0.325 e. The summed E-state index contributed by atoms with van der Waals surface area (Å²) in [6.45, 7) is 2.52. The molecule has 0 bridgehead atoms. The molecule has 1 aliphatic rings. The number of sulfonamides is 2. The number of carbonyl (C=O) groups is 1. The van der Waals surface area contributed by atoms with Crippen LogP contribution < -0.4 is 9.62 Å². The molecule has 0 unspecified atom stereocenters. The Morgan fingerprint density at radius 3 is 2.06 bits per heavy atom. The maximum absolute atomic E-state index is 12.7. The van der Waals surface area contributed by atoms with Gasteiger partial charge in [0.05, 0.1) is 16.8 Å². The molecule has 1 saturated heterocycles. The quantitative estimate of drug-likeness (QED) is 0.677. The smallest absolute Gasteiger partial charge is 0.245 e. The summed E-state index contributed by atoms with van der Waals surface area (Å²) >= 11 is 0. The van der Waals surface area contributed by atoms with E-state index in [0.717, 1.165) is 35.4 Å². The van der Waals surface area contributed by atoms with E-state index in [4.69, 9.17) is 0 Å². The molecule has 0 saturated carbocycles. The summed E-state index contributed by atoms with van der Waals surface area (Å²) < 4.78 is 52.3. The van der Waals surface area contributed by atoms with Crippen LogP contribution in [0.25, 0.3) is 0 Å². The van der Waals surface area contributed by atoms with Crippen LogP contribution in [0.3, 0.4) is 0 Å². The van der Waals surface area contributed by atoms with Gasteiger partial charge in [-0.25, -0.2) is 16.8 Å². The minimum absolute atomic E-state index is 0.171. The summed E-state index contributed by atoms with van der Waals surface area (Å²) in [7, 11) is -7.22. The average Bonchev–Trinajstić information content (AvgIpc) is 2.73. The highest BCUT2D eigenvalue weighted by Crippen LogP contribution is 2.22. The molecule has 1 aliphatic heterocycles. The Bertz CT molecular complexity index is 1120. The van der Waals surface area contributed by atoms with Crippen LogP contribution in [0.5, 0.6) is 0 Å². The molecule has 1 N–H and O–H groups in total. The van der Waals surface area contributed by atoms with E-state index in [0.29, 0.717) is 24.5 Å². The Balaban J connectivity index is 1.70. The molecular formula is C21H27N3O5S2. The lowest BCUT2D eigenvalue weighted by Gasteiger charge is -2.26. The highest BCUT2D eigenvalue weighted by Gasteiger charge is 2.26. The lowest BCUT2D eigenvalue weighted by molar-refractivity contribution is -0.114. The number of carbonyl (C=O) groups excluding carboxylic acids is 1. The minimum atomic E-state index is -3.67. The first-order chi connectivity index (χ1) is 14.6. The van der Waals surface area contributed by atoms with E-state index < -0.39 is 32.5 Å². The van der Waals surface area contributed by atoms with Gasteiger partial charge in [0, 0.05) is 18.8 Å². The Hall–Kier alpha value is -2.43. The van der Waals surface area contributed by atoms with Crippen LogP contribution in [-0.2, 0) is 24.8 Å². The third-order valence-corrected chi connectivity index (χ3v) is 8.15. The third kappa shape index (κ3) is 5.84. The largest absolute Gasteiger partial charge is 0.325 e. The molecule has 0 atom stereocenters. The van der Waals surface area contributed by atoms with Gasteiger partial charge in [-0.1, -0.05) is 24.1 Å². The fourth-order valence-electron chi connectivity index (χ4n) is 3.41. The van der Waals surface area contributed by atoms with Gasteiger partial charge < -0.3 is 5.32 Å². The highest BCUT2D eigenvalue weighted by molar-refractivity contribution is 7.92. The van der Waals surface area contributed by atoms with Gasteiger partial charge in [0.15, 0.2) is 0 Å². The normalized spacial score (nSPS) is 15.4. The first-order valence-electron chi connectivity index (χ1n) is 10.0. The average molecular weight is 466 g/mol. The van der Waals surface area contributed by atoms with Gasteiger partial charge in [-0.2, -0.15) is 4.31 Å². The van der Waals surface area contributed by atoms with E-state index in [1.165, 1.54) is 28.6 Å². The van der Waals surface area contributed by atoms with Gasteiger partial charge in [-0.15, -0.1) is 0 Å². The molecule has 10 heteroatoms. The summed E-state index contributed by atoms with van der Waals surface area (Å²) in [5.41, 5.74) is 1.76. The van der Waals surface area contributed by atoms with E-state index in [2.05, 4.69) is 5.32 Å². The first kappa shape index (κ1) is 23.2. The number of aryl methyl sites for hydroxylation is 1. The summed E-state index contributed by atoms with van der Waals surface area (Å²) in [4.78, 5) is 12.7. The molecule has 1 fully saturated rings. The van der Waals surface area contributed by atoms with Crippen molar-refractivity contribution in [2.45, 2.75) is 31.1 Å². The van der Waals surface area contributed by atoms with Gasteiger partial charge >= 0.3 is 0 Å². The van der Waals surface area contributed by atoms with Crippen LogP contribution in [-0.4, -0.2) is 52.9 Å². The monoisotopic (exact) mass is 465 g/mol.